The number of nitrogens with zero attached hydrogens (tertiary/aromatic N) is 1. The molecule has 0 bridgehead atoms. The van der Waals surface area contributed by atoms with Gasteiger partial charge in [0.25, 0.3) is 0 Å². The highest BCUT2D eigenvalue weighted by atomic mass is 79.9. The number of benzene rings is 1. The van der Waals surface area contributed by atoms with Crippen LogP contribution in [-0.2, 0) is 0 Å². The molecule has 0 radical (unpaired) electrons. The summed E-state index contributed by atoms with van der Waals surface area (Å²) in [4.78, 5) is 2.38. The summed E-state index contributed by atoms with van der Waals surface area (Å²) in [6.07, 6.45) is 1.07. The van der Waals surface area contributed by atoms with Crippen LogP contribution in [0.4, 0.5) is 0 Å². The SMILES string of the molecule is NCC(c1cccc(Br)c1)N1CCC(CO)C1. The van der Waals surface area contributed by atoms with E-state index in [-0.39, 0.29) is 12.6 Å². The Hall–Kier alpha value is -0.420. The number of aliphatic hydroxyl groups excluding tert-OH is 1. The van der Waals surface area contributed by atoms with Crippen molar-refractivity contribution in [3.05, 3.63) is 34.3 Å². The van der Waals surface area contributed by atoms with E-state index in [0.29, 0.717) is 12.5 Å². The molecule has 3 nitrogen and oxygen atoms in total. The molecule has 0 saturated carbocycles. The smallest absolute Gasteiger partial charge is 0.0471 e. The largest absolute Gasteiger partial charge is 0.396 e. The fourth-order valence-corrected chi connectivity index (χ4v) is 2.92. The van der Waals surface area contributed by atoms with E-state index < -0.39 is 0 Å². The van der Waals surface area contributed by atoms with Gasteiger partial charge in [0.15, 0.2) is 0 Å². The summed E-state index contributed by atoms with van der Waals surface area (Å²) in [7, 11) is 0. The Morgan fingerprint density at radius 3 is 2.94 bits per heavy atom. The lowest BCUT2D eigenvalue weighted by Crippen LogP contribution is -2.32. The van der Waals surface area contributed by atoms with Crippen LogP contribution in [0.5, 0.6) is 0 Å². The molecule has 2 rings (SSSR count). The van der Waals surface area contributed by atoms with Crippen molar-refractivity contribution in [1.82, 2.24) is 4.90 Å². The minimum absolute atomic E-state index is 0.268. The second-order valence-corrected chi connectivity index (χ2v) is 5.55. The van der Waals surface area contributed by atoms with Gasteiger partial charge in [-0.15, -0.1) is 0 Å². The van der Waals surface area contributed by atoms with E-state index in [4.69, 9.17) is 5.73 Å². The maximum Gasteiger partial charge on any atom is 0.0471 e. The molecule has 17 heavy (non-hydrogen) atoms. The number of nitrogens with two attached hydrogens (primary N) is 1. The zero-order valence-electron chi connectivity index (χ0n) is 9.85. The molecule has 1 saturated heterocycles. The van der Waals surface area contributed by atoms with Crippen LogP contribution in [0.3, 0.4) is 0 Å². The lowest BCUT2D eigenvalue weighted by Gasteiger charge is -2.27. The molecule has 1 fully saturated rings. The summed E-state index contributed by atoms with van der Waals surface area (Å²) in [5.74, 6) is 0.413. The van der Waals surface area contributed by atoms with E-state index in [1.165, 1.54) is 5.56 Å². The van der Waals surface area contributed by atoms with Gasteiger partial charge in [-0.2, -0.15) is 0 Å². The Morgan fingerprint density at radius 1 is 1.53 bits per heavy atom. The van der Waals surface area contributed by atoms with Crippen LogP contribution in [0, 0.1) is 5.92 Å². The molecule has 2 atom stereocenters. The molecule has 1 heterocycles. The Morgan fingerprint density at radius 2 is 2.35 bits per heavy atom. The first-order chi connectivity index (χ1) is 8.24. The number of hydrogen-bond donors (Lipinski definition) is 2. The minimum Gasteiger partial charge on any atom is -0.396 e. The van der Waals surface area contributed by atoms with Crippen LogP contribution in [0.25, 0.3) is 0 Å². The normalized spacial score (nSPS) is 22.9. The number of hydrogen-bond acceptors (Lipinski definition) is 3. The lowest BCUT2D eigenvalue weighted by molar-refractivity contribution is 0.200. The molecule has 1 aromatic rings. The molecular weight excluding hydrogens is 280 g/mol. The predicted molar refractivity (Wildman–Crippen MR) is 72.7 cm³/mol. The molecule has 1 aliphatic rings. The summed E-state index contributed by atoms with van der Waals surface area (Å²) in [6.45, 7) is 2.88. The fourth-order valence-electron chi connectivity index (χ4n) is 2.50. The second-order valence-electron chi connectivity index (χ2n) is 4.64. The van der Waals surface area contributed by atoms with Gasteiger partial charge >= 0.3 is 0 Å². The molecule has 0 aromatic heterocycles. The number of aliphatic hydroxyl groups is 1. The average Bonchev–Trinajstić information content (AvgIpc) is 2.79. The fraction of sp³-hybridized carbons (Fsp3) is 0.538. The standard InChI is InChI=1S/C13H19BrN2O/c14-12-3-1-2-11(6-12)13(7-15)16-5-4-10(8-16)9-17/h1-3,6,10,13,17H,4-5,7-9,15H2. The van der Waals surface area contributed by atoms with Crippen LogP contribution >= 0.6 is 15.9 Å². The van der Waals surface area contributed by atoms with Crippen LogP contribution in [-0.4, -0.2) is 36.2 Å². The van der Waals surface area contributed by atoms with Gasteiger partial charge in [-0.1, -0.05) is 28.1 Å². The van der Waals surface area contributed by atoms with E-state index in [9.17, 15) is 5.11 Å². The van der Waals surface area contributed by atoms with Crippen LogP contribution in [0.1, 0.15) is 18.0 Å². The summed E-state index contributed by atoms with van der Waals surface area (Å²) >= 11 is 3.49. The second kappa shape index (κ2) is 5.96. The van der Waals surface area contributed by atoms with E-state index in [1.54, 1.807) is 0 Å². The van der Waals surface area contributed by atoms with E-state index in [1.807, 2.05) is 12.1 Å². The first kappa shape index (κ1) is 13.0. The summed E-state index contributed by atoms with van der Waals surface area (Å²) in [5.41, 5.74) is 7.15. The molecule has 0 aliphatic carbocycles. The van der Waals surface area contributed by atoms with Crippen molar-refractivity contribution in [1.29, 1.82) is 0 Å². The van der Waals surface area contributed by atoms with Crippen molar-refractivity contribution < 1.29 is 5.11 Å². The summed E-state index contributed by atoms with van der Waals surface area (Å²) in [5, 5.41) is 9.19. The topological polar surface area (TPSA) is 49.5 Å². The van der Waals surface area contributed by atoms with Crippen molar-refractivity contribution >= 4 is 15.9 Å². The van der Waals surface area contributed by atoms with Crippen molar-refractivity contribution in [2.45, 2.75) is 12.5 Å². The zero-order chi connectivity index (χ0) is 12.3. The summed E-state index contributed by atoms with van der Waals surface area (Å²) in [6, 6.07) is 8.58. The molecule has 1 aromatic carbocycles. The molecule has 4 heteroatoms. The highest BCUT2D eigenvalue weighted by Gasteiger charge is 2.27. The lowest BCUT2D eigenvalue weighted by atomic mass is 10.1. The molecule has 0 amide bonds. The van der Waals surface area contributed by atoms with Gasteiger partial charge in [-0.25, -0.2) is 0 Å². The van der Waals surface area contributed by atoms with Crippen LogP contribution in [0.2, 0.25) is 0 Å². The van der Waals surface area contributed by atoms with Crippen molar-refractivity contribution in [3.63, 3.8) is 0 Å². The van der Waals surface area contributed by atoms with Gasteiger partial charge < -0.3 is 10.8 Å². The van der Waals surface area contributed by atoms with Crippen LogP contribution < -0.4 is 5.73 Å². The maximum absolute atomic E-state index is 9.19. The number of rotatable bonds is 4. The Bertz CT molecular complexity index is 372. The van der Waals surface area contributed by atoms with E-state index in [0.717, 1.165) is 24.0 Å². The van der Waals surface area contributed by atoms with E-state index in [2.05, 4.69) is 33.0 Å². The highest BCUT2D eigenvalue weighted by Crippen LogP contribution is 2.28. The molecule has 2 unspecified atom stereocenters. The highest BCUT2D eigenvalue weighted by molar-refractivity contribution is 9.10. The average molecular weight is 299 g/mol. The number of halogens is 1. The molecule has 1 aliphatic heterocycles. The van der Waals surface area contributed by atoms with Crippen LogP contribution in [0.15, 0.2) is 28.7 Å². The first-order valence-electron chi connectivity index (χ1n) is 6.05. The van der Waals surface area contributed by atoms with Gasteiger partial charge in [0.2, 0.25) is 0 Å². The quantitative estimate of drug-likeness (QED) is 0.891. The van der Waals surface area contributed by atoms with Gasteiger partial charge in [-0.05, 0) is 36.6 Å². The Labute approximate surface area is 111 Å². The predicted octanol–water partition coefficient (Wildman–Crippen LogP) is 1.76. The Balaban J connectivity index is 2.11. The van der Waals surface area contributed by atoms with Crippen molar-refractivity contribution in [3.8, 4) is 0 Å². The van der Waals surface area contributed by atoms with Crippen molar-refractivity contribution in [2.24, 2.45) is 11.7 Å². The monoisotopic (exact) mass is 298 g/mol. The van der Waals surface area contributed by atoms with Gasteiger partial charge in [0.05, 0.1) is 0 Å². The van der Waals surface area contributed by atoms with Gasteiger partial charge in [0, 0.05) is 30.2 Å². The zero-order valence-corrected chi connectivity index (χ0v) is 11.4. The first-order valence-corrected chi connectivity index (χ1v) is 6.84. The molecule has 94 valence electrons. The van der Waals surface area contributed by atoms with Gasteiger partial charge in [-0.3, -0.25) is 4.90 Å². The third-order valence-corrected chi connectivity index (χ3v) is 3.97. The third-order valence-electron chi connectivity index (χ3n) is 3.47. The minimum atomic E-state index is 0.268. The molecule has 0 spiro atoms. The van der Waals surface area contributed by atoms with Crippen molar-refractivity contribution in [2.75, 3.05) is 26.2 Å². The maximum atomic E-state index is 9.19. The molecule has 3 N–H and O–H groups in total. The summed E-state index contributed by atoms with van der Waals surface area (Å²) < 4.78 is 1.09. The Kier molecular flexibility index (Phi) is 4.56. The molecular formula is C13H19BrN2O. The third kappa shape index (κ3) is 3.07. The van der Waals surface area contributed by atoms with E-state index >= 15 is 0 Å². The van der Waals surface area contributed by atoms with Gasteiger partial charge in [0.1, 0.15) is 0 Å². The number of likely N-dealkylation sites (tertiary alicyclic amines) is 1.